The van der Waals surface area contributed by atoms with Crippen molar-refractivity contribution in [2.24, 2.45) is 5.92 Å². The van der Waals surface area contributed by atoms with Crippen LogP contribution in [0.2, 0.25) is 0 Å². The molecule has 2 rings (SSSR count). The number of carbonyl (C=O) groups is 1. The van der Waals surface area contributed by atoms with Crippen molar-refractivity contribution in [1.29, 1.82) is 0 Å². The first-order valence-electron chi connectivity index (χ1n) is 6.42. The maximum absolute atomic E-state index is 13.7. The summed E-state index contributed by atoms with van der Waals surface area (Å²) in [6.45, 7) is 2.16. The minimum atomic E-state index is -1.46. The summed E-state index contributed by atoms with van der Waals surface area (Å²) in [7, 11) is -1.46. The zero-order chi connectivity index (χ0) is 14.0. The molecule has 19 heavy (non-hydrogen) atoms. The van der Waals surface area contributed by atoms with Crippen molar-refractivity contribution >= 4 is 16.8 Å². The van der Waals surface area contributed by atoms with Crippen LogP contribution >= 0.6 is 0 Å². The topological polar surface area (TPSA) is 54.4 Å². The fourth-order valence-electron chi connectivity index (χ4n) is 2.41. The molecule has 0 radical (unpaired) electrons. The van der Waals surface area contributed by atoms with E-state index in [1.807, 2.05) is 0 Å². The van der Waals surface area contributed by atoms with Crippen molar-refractivity contribution < 1.29 is 18.5 Å². The van der Waals surface area contributed by atoms with Crippen LogP contribution in [0.5, 0.6) is 0 Å². The molecule has 0 aliphatic heterocycles. The Bertz CT molecular complexity index is 507. The van der Waals surface area contributed by atoms with E-state index in [4.69, 9.17) is 5.11 Å². The third-order valence-corrected chi connectivity index (χ3v) is 5.48. The summed E-state index contributed by atoms with van der Waals surface area (Å²) < 4.78 is 26.1. The van der Waals surface area contributed by atoms with E-state index in [9.17, 15) is 13.4 Å². The molecular weight excluding hydrogens is 267 g/mol. The highest BCUT2D eigenvalue weighted by Gasteiger charge is 2.26. The molecule has 5 heteroatoms. The third-order valence-electron chi connectivity index (χ3n) is 3.66. The number of carboxylic acid groups (broad SMARTS) is 1. The number of carboxylic acids is 1. The molecule has 1 unspecified atom stereocenters. The van der Waals surface area contributed by atoms with E-state index in [1.54, 1.807) is 0 Å². The number of benzene rings is 1. The van der Waals surface area contributed by atoms with Gasteiger partial charge in [-0.15, -0.1) is 0 Å². The summed E-state index contributed by atoms with van der Waals surface area (Å²) in [6, 6.07) is 3.48. The predicted molar refractivity (Wildman–Crippen MR) is 71.2 cm³/mol. The van der Waals surface area contributed by atoms with E-state index in [0.29, 0.717) is 5.92 Å². The molecule has 1 saturated carbocycles. The van der Waals surface area contributed by atoms with Crippen LogP contribution in [-0.4, -0.2) is 20.5 Å². The SMILES string of the molecule is CC1CCC(S(=O)c2cc(C(=O)O)ccc2F)CC1. The van der Waals surface area contributed by atoms with Gasteiger partial charge in [-0.2, -0.15) is 0 Å². The summed E-state index contributed by atoms with van der Waals surface area (Å²) >= 11 is 0. The maximum Gasteiger partial charge on any atom is 0.335 e. The van der Waals surface area contributed by atoms with Gasteiger partial charge in [0.05, 0.1) is 21.3 Å². The average Bonchev–Trinajstić information content (AvgIpc) is 2.39. The van der Waals surface area contributed by atoms with E-state index in [0.717, 1.165) is 31.7 Å². The van der Waals surface area contributed by atoms with Crippen LogP contribution in [0.25, 0.3) is 0 Å². The molecule has 1 N–H and O–H groups in total. The highest BCUT2D eigenvalue weighted by atomic mass is 32.2. The fourth-order valence-corrected chi connectivity index (χ4v) is 3.98. The van der Waals surface area contributed by atoms with Gasteiger partial charge in [0, 0.05) is 5.25 Å². The molecule has 1 fully saturated rings. The molecule has 1 aromatic rings. The second-order valence-electron chi connectivity index (χ2n) is 5.13. The molecule has 0 spiro atoms. The van der Waals surface area contributed by atoms with E-state index in [1.165, 1.54) is 12.1 Å². The smallest absolute Gasteiger partial charge is 0.335 e. The Kier molecular flexibility index (Phi) is 4.34. The van der Waals surface area contributed by atoms with E-state index in [2.05, 4.69) is 6.92 Å². The molecule has 0 amide bonds. The summed E-state index contributed by atoms with van der Waals surface area (Å²) in [5.41, 5.74) is -0.0195. The molecule has 1 aromatic carbocycles. The molecule has 1 atom stereocenters. The first kappa shape index (κ1) is 14.2. The first-order chi connectivity index (χ1) is 8.99. The second kappa shape index (κ2) is 5.82. The predicted octanol–water partition coefficient (Wildman–Crippen LogP) is 3.21. The van der Waals surface area contributed by atoms with Crippen LogP contribution in [0.3, 0.4) is 0 Å². The van der Waals surface area contributed by atoms with Gasteiger partial charge in [0.2, 0.25) is 0 Å². The Morgan fingerprint density at radius 2 is 1.95 bits per heavy atom. The number of rotatable bonds is 3. The first-order valence-corrected chi connectivity index (χ1v) is 7.63. The van der Waals surface area contributed by atoms with Gasteiger partial charge in [-0.05, 0) is 49.8 Å². The minimum Gasteiger partial charge on any atom is -0.478 e. The summed E-state index contributed by atoms with van der Waals surface area (Å²) in [6.07, 6.45) is 3.61. The van der Waals surface area contributed by atoms with Crippen LogP contribution in [-0.2, 0) is 10.8 Å². The molecule has 1 aliphatic rings. The van der Waals surface area contributed by atoms with Gasteiger partial charge in [0.15, 0.2) is 0 Å². The van der Waals surface area contributed by atoms with Gasteiger partial charge < -0.3 is 5.11 Å². The zero-order valence-corrected chi connectivity index (χ0v) is 11.6. The molecule has 0 heterocycles. The van der Waals surface area contributed by atoms with Gasteiger partial charge >= 0.3 is 5.97 Å². The lowest BCUT2D eigenvalue weighted by Crippen LogP contribution is -2.23. The lowest BCUT2D eigenvalue weighted by Gasteiger charge is -2.25. The standard InChI is InChI=1S/C14H17FO3S/c1-9-2-5-11(6-3-9)19(18)13-8-10(14(16)17)4-7-12(13)15/h4,7-9,11H,2-3,5-6H2,1H3,(H,16,17). The van der Waals surface area contributed by atoms with E-state index >= 15 is 0 Å². The molecule has 3 nitrogen and oxygen atoms in total. The zero-order valence-electron chi connectivity index (χ0n) is 10.8. The van der Waals surface area contributed by atoms with Gasteiger partial charge in [0.1, 0.15) is 5.82 Å². The van der Waals surface area contributed by atoms with Crippen molar-refractivity contribution in [2.75, 3.05) is 0 Å². The Morgan fingerprint density at radius 3 is 2.53 bits per heavy atom. The largest absolute Gasteiger partial charge is 0.478 e. The fraction of sp³-hybridized carbons (Fsp3) is 0.500. The Morgan fingerprint density at radius 1 is 1.32 bits per heavy atom. The van der Waals surface area contributed by atoms with Crippen molar-refractivity contribution in [3.8, 4) is 0 Å². The third kappa shape index (κ3) is 3.21. The van der Waals surface area contributed by atoms with Crippen molar-refractivity contribution in [3.05, 3.63) is 29.6 Å². The van der Waals surface area contributed by atoms with E-state index in [-0.39, 0.29) is 15.7 Å². The molecule has 1 aliphatic carbocycles. The van der Waals surface area contributed by atoms with Crippen LogP contribution in [0.15, 0.2) is 23.1 Å². The monoisotopic (exact) mass is 284 g/mol. The van der Waals surface area contributed by atoms with Gasteiger partial charge in [0.25, 0.3) is 0 Å². The number of hydrogen-bond acceptors (Lipinski definition) is 2. The number of aromatic carboxylic acids is 1. The minimum absolute atomic E-state index is 0.0195. The van der Waals surface area contributed by atoms with Crippen LogP contribution < -0.4 is 0 Å². The number of halogens is 1. The average molecular weight is 284 g/mol. The Labute approximate surface area is 114 Å². The normalized spacial score (nSPS) is 24.9. The lowest BCUT2D eigenvalue weighted by atomic mass is 9.91. The highest BCUT2D eigenvalue weighted by molar-refractivity contribution is 7.85. The molecule has 0 saturated heterocycles. The van der Waals surface area contributed by atoms with Crippen LogP contribution in [0.1, 0.15) is 43.0 Å². The van der Waals surface area contributed by atoms with E-state index < -0.39 is 22.6 Å². The van der Waals surface area contributed by atoms with Gasteiger partial charge in [-0.25, -0.2) is 9.18 Å². The van der Waals surface area contributed by atoms with Crippen LogP contribution in [0.4, 0.5) is 4.39 Å². The Hall–Kier alpha value is -1.23. The van der Waals surface area contributed by atoms with Crippen LogP contribution in [0, 0.1) is 11.7 Å². The van der Waals surface area contributed by atoms with Crippen molar-refractivity contribution in [2.45, 2.75) is 42.8 Å². The maximum atomic E-state index is 13.7. The lowest BCUT2D eigenvalue weighted by molar-refractivity contribution is 0.0696. The number of hydrogen-bond donors (Lipinski definition) is 1. The quantitative estimate of drug-likeness (QED) is 0.927. The van der Waals surface area contributed by atoms with Gasteiger partial charge in [-0.3, -0.25) is 4.21 Å². The Balaban J connectivity index is 2.23. The molecule has 0 aromatic heterocycles. The van der Waals surface area contributed by atoms with Gasteiger partial charge in [-0.1, -0.05) is 6.92 Å². The second-order valence-corrected chi connectivity index (χ2v) is 6.83. The molecular formula is C14H17FO3S. The summed E-state index contributed by atoms with van der Waals surface area (Å²) in [5, 5.41) is 8.85. The highest BCUT2D eigenvalue weighted by Crippen LogP contribution is 2.30. The van der Waals surface area contributed by atoms with Crippen molar-refractivity contribution in [1.82, 2.24) is 0 Å². The molecule has 0 bridgehead atoms. The summed E-state index contributed by atoms with van der Waals surface area (Å²) in [5.74, 6) is -1.08. The van der Waals surface area contributed by atoms with Crippen molar-refractivity contribution in [3.63, 3.8) is 0 Å². The molecule has 104 valence electrons. The summed E-state index contributed by atoms with van der Waals surface area (Å²) in [4.78, 5) is 10.9.